The first-order valence-corrected chi connectivity index (χ1v) is 5.36. The van der Waals surface area contributed by atoms with Crippen LogP contribution < -0.4 is 10.6 Å². The quantitative estimate of drug-likeness (QED) is 0.663. The Morgan fingerprint density at radius 1 is 1.40 bits per heavy atom. The maximum Gasteiger partial charge on any atom is 0.236 e. The summed E-state index contributed by atoms with van der Waals surface area (Å²) in [6.07, 6.45) is 0.912. The van der Waals surface area contributed by atoms with E-state index < -0.39 is 0 Å². The molecular weight excluding hydrogens is 188 g/mol. The van der Waals surface area contributed by atoms with Crippen molar-refractivity contribution in [3.05, 3.63) is 29.3 Å². The van der Waals surface area contributed by atoms with Crippen LogP contribution in [0.3, 0.4) is 0 Å². The van der Waals surface area contributed by atoms with E-state index in [1.165, 1.54) is 5.56 Å². The predicted octanol–water partition coefficient (Wildman–Crippen LogP) is 1.18. The zero-order valence-corrected chi connectivity index (χ0v) is 8.76. The molecule has 1 atom stereocenters. The lowest BCUT2D eigenvalue weighted by atomic mass is 9.80. The van der Waals surface area contributed by atoms with E-state index in [1.54, 1.807) is 0 Å². The van der Waals surface area contributed by atoms with Crippen molar-refractivity contribution in [3.63, 3.8) is 0 Å². The highest BCUT2D eigenvalue weighted by molar-refractivity contribution is 6.07. The molecular formula is C12H14N2O. The van der Waals surface area contributed by atoms with Crippen LogP contribution in [0.4, 0.5) is 5.69 Å². The first-order valence-electron chi connectivity index (χ1n) is 5.36. The second kappa shape index (κ2) is 2.83. The molecule has 1 fully saturated rings. The minimum Gasteiger partial charge on any atom is -0.325 e. The third-order valence-electron chi connectivity index (χ3n) is 3.62. The van der Waals surface area contributed by atoms with E-state index in [1.807, 2.05) is 19.1 Å². The summed E-state index contributed by atoms with van der Waals surface area (Å²) in [6, 6.07) is 6.16. The monoisotopic (exact) mass is 202 g/mol. The topological polar surface area (TPSA) is 41.1 Å². The minimum atomic E-state index is -0.290. The van der Waals surface area contributed by atoms with Gasteiger partial charge in [0.25, 0.3) is 0 Å². The van der Waals surface area contributed by atoms with Gasteiger partial charge in [-0.3, -0.25) is 4.79 Å². The molecule has 0 saturated carbocycles. The fourth-order valence-electron chi connectivity index (χ4n) is 2.70. The number of benzene rings is 1. The summed E-state index contributed by atoms with van der Waals surface area (Å²) in [5.41, 5.74) is 3.08. The van der Waals surface area contributed by atoms with E-state index in [0.29, 0.717) is 0 Å². The Balaban J connectivity index is 2.21. The molecule has 78 valence electrons. The molecule has 0 bridgehead atoms. The summed E-state index contributed by atoms with van der Waals surface area (Å²) in [7, 11) is 0. The molecule has 2 aliphatic heterocycles. The molecule has 1 spiro atoms. The molecule has 1 saturated heterocycles. The Labute approximate surface area is 88.9 Å². The highest BCUT2D eigenvalue weighted by atomic mass is 16.2. The highest BCUT2D eigenvalue weighted by Gasteiger charge is 2.48. The zero-order valence-electron chi connectivity index (χ0n) is 8.76. The number of para-hydroxylation sites is 1. The molecule has 2 aliphatic rings. The minimum absolute atomic E-state index is 0.164. The summed E-state index contributed by atoms with van der Waals surface area (Å²) in [5, 5.41) is 6.30. The number of carbonyl (C=O) groups is 1. The van der Waals surface area contributed by atoms with Crippen molar-refractivity contribution in [2.24, 2.45) is 0 Å². The van der Waals surface area contributed by atoms with Gasteiger partial charge in [0.1, 0.15) is 0 Å². The van der Waals surface area contributed by atoms with Gasteiger partial charge >= 0.3 is 0 Å². The Hall–Kier alpha value is -1.35. The van der Waals surface area contributed by atoms with Crippen molar-refractivity contribution in [2.75, 3.05) is 18.4 Å². The highest BCUT2D eigenvalue weighted by Crippen LogP contribution is 2.43. The van der Waals surface area contributed by atoms with Crippen molar-refractivity contribution in [1.29, 1.82) is 0 Å². The molecule has 15 heavy (non-hydrogen) atoms. The second-order valence-corrected chi connectivity index (χ2v) is 4.46. The number of fused-ring (bicyclic) bond motifs is 2. The van der Waals surface area contributed by atoms with Crippen LogP contribution in [0.25, 0.3) is 0 Å². The zero-order chi connectivity index (χ0) is 10.5. The molecule has 0 aliphatic carbocycles. The smallest absolute Gasteiger partial charge is 0.236 e. The van der Waals surface area contributed by atoms with Crippen LogP contribution in [0.1, 0.15) is 17.5 Å². The fraction of sp³-hybridized carbons (Fsp3) is 0.417. The molecule has 2 heterocycles. The van der Waals surface area contributed by atoms with Gasteiger partial charge in [-0.15, -0.1) is 0 Å². The van der Waals surface area contributed by atoms with Crippen LogP contribution in [0.5, 0.6) is 0 Å². The van der Waals surface area contributed by atoms with Gasteiger partial charge in [0.05, 0.1) is 5.41 Å². The average Bonchev–Trinajstić information content (AvgIpc) is 2.79. The first-order chi connectivity index (χ1) is 7.24. The van der Waals surface area contributed by atoms with Crippen molar-refractivity contribution in [3.8, 4) is 0 Å². The van der Waals surface area contributed by atoms with Crippen LogP contribution >= 0.6 is 0 Å². The van der Waals surface area contributed by atoms with Gasteiger partial charge in [-0.2, -0.15) is 0 Å². The van der Waals surface area contributed by atoms with Crippen LogP contribution in [-0.2, 0) is 10.2 Å². The molecule has 3 heteroatoms. The Morgan fingerprint density at radius 3 is 3.00 bits per heavy atom. The number of rotatable bonds is 0. The van der Waals surface area contributed by atoms with E-state index in [0.717, 1.165) is 30.8 Å². The third-order valence-corrected chi connectivity index (χ3v) is 3.62. The van der Waals surface area contributed by atoms with Gasteiger partial charge in [-0.05, 0) is 31.0 Å². The number of hydrogen-bond acceptors (Lipinski definition) is 2. The van der Waals surface area contributed by atoms with E-state index in [-0.39, 0.29) is 11.3 Å². The Morgan fingerprint density at radius 2 is 2.27 bits per heavy atom. The van der Waals surface area contributed by atoms with Crippen molar-refractivity contribution >= 4 is 11.6 Å². The molecule has 1 amide bonds. The van der Waals surface area contributed by atoms with Crippen LogP contribution in [0.15, 0.2) is 18.2 Å². The number of hydrogen-bond donors (Lipinski definition) is 2. The maximum atomic E-state index is 12.1. The van der Waals surface area contributed by atoms with Crippen LogP contribution in [0.2, 0.25) is 0 Å². The van der Waals surface area contributed by atoms with E-state index in [4.69, 9.17) is 0 Å². The summed E-state index contributed by atoms with van der Waals surface area (Å²) in [5.74, 6) is 0.164. The summed E-state index contributed by atoms with van der Waals surface area (Å²) < 4.78 is 0. The summed E-state index contributed by atoms with van der Waals surface area (Å²) in [4.78, 5) is 12.1. The van der Waals surface area contributed by atoms with Crippen LogP contribution in [0, 0.1) is 6.92 Å². The molecule has 1 aromatic rings. The number of carbonyl (C=O) groups excluding carboxylic acids is 1. The van der Waals surface area contributed by atoms with Crippen molar-refractivity contribution < 1.29 is 4.79 Å². The normalized spacial score (nSPS) is 28.2. The number of aryl methyl sites for hydroxylation is 1. The first kappa shape index (κ1) is 8.92. The number of amides is 1. The SMILES string of the molecule is Cc1cccc2c1NC(=O)[C@@]21CCNC1. The fourth-order valence-corrected chi connectivity index (χ4v) is 2.70. The molecule has 0 radical (unpaired) electrons. The molecule has 0 unspecified atom stereocenters. The van der Waals surface area contributed by atoms with E-state index in [9.17, 15) is 4.79 Å². The van der Waals surface area contributed by atoms with Crippen molar-refractivity contribution in [2.45, 2.75) is 18.8 Å². The third kappa shape index (κ3) is 1.01. The number of nitrogens with one attached hydrogen (secondary N) is 2. The molecule has 3 nitrogen and oxygen atoms in total. The lowest BCUT2D eigenvalue weighted by Crippen LogP contribution is -2.36. The van der Waals surface area contributed by atoms with Gasteiger partial charge in [0.15, 0.2) is 0 Å². The van der Waals surface area contributed by atoms with Gasteiger partial charge < -0.3 is 10.6 Å². The lowest BCUT2D eigenvalue weighted by Gasteiger charge is -2.19. The maximum absolute atomic E-state index is 12.1. The predicted molar refractivity (Wildman–Crippen MR) is 59.0 cm³/mol. The molecule has 3 rings (SSSR count). The largest absolute Gasteiger partial charge is 0.325 e. The Bertz CT molecular complexity index is 433. The summed E-state index contributed by atoms with van der Waals surface area (Å²) >= 11 is 0. The van der Waals surface area contributed by atoms with Gasteiger partial charge in [0, 0.05) is 12.2 Å². The average molecular weight is 202 g/mol. The molecule has 0 aromatic heterocycles. The standard InChI is InChI=1S/C12H14N2O/c1-8-3-2-4-9-10(8)14-11(15)12(9)5-6-13-7-12/h2-4,13H,5-7H2,1H3,(H,14,15)/t12-/m1/s1. The Kier molecular flexibility index (Phi) is 1.68. The van der Waals surface area contributed by atoms with E-state index in [2.05, 4.69) is 16.7 Å². The van der Waals surface area contributed by atoms with Gasteiger partial charge in [-0.25, -0.2) is 0 Å². The van der Waals surface area contributed by atoms with Crippen molar-refractivity contribution in [1.82, 2.24) is 5.32 Å². The lowest BCUT2D eigenvalue weighted by molar-refractivity contribution is -0.120. The van der Waals surface area contributed by atoms with Crippen LogP contribution in [-0.4, -0.2) is 19.0 Å². The van der Waals surface area contributed by atoms with Gasteiger partial charge in [-0.1, -0.05) is 18.2 Å². The van der Waals surface area contributed by atoms with Gasteiger partial charge in [0.2, 0.25) is 5.91 Å². The molecule has 1 aromatic carbocycles. The second-order valence-electron chi connectivity index (χ2n) is 4.46. The molecule has 2 N–H and O–H groups in total. The number of anilines is 1. The van der Waals surface area contributed by atoms with E-state index >= 15 is 0 Å². The summed E-state index contributed by atoms with van der Waals surface area (Å²) in [6.45, 7) is 3.75.